The van der Waals surface area contributed by atoms with E-state index in [1.807, 2.05) is 0 Å². The molecule has 142 valence electrons. The molecule has 0 saturated heterocycles. The Morgan fingerprint density at radius 1 is 0.929 bits per heavy atom. The zero-order valence-corrected chi connectivity index (χ0v) is 17.4. The van der Waals surface area contributed by atoms with Crippen molar-refractivity contribution in [2.75, 3.05) is 5.01 Å². The molecular weight excluding hydrogens is 360 g/mol. The van der Waals surface area contributed by atoms with Crippen LogP contribution in [0.2, 0.25) is 0 Å². The van der Waals surface area contributed by atoms with E-state index in [4.69, 9.17) is 0 Å². The Bertz CT molecular complexity index is 962. The summed E-state index contributed by atoms with van der Waals surface area (Å²) >= 11 is 1.76. The van der Waals surface area contributed by atoms with E-state index in [9.17, 15) is 0 Å². The van der Waals surface area contributed by atoms with Crippen LogP contribution in [0.15, 0.2) is 84.3 Å². The van der Waals surface area contributed by atoms with E-state index < -0.39 is 0 Å². The van der Waals surface area contributed by atoms with Gasteiger partial charge in [0.25, 0.3) is 0 Å². The highest BCUT2D eigenvalue weighted by Gasteiger charge is 2.24. The van der Waals surface area contributed by atoms with E-state index in [1.165, 1.54) is 16.0 Å². The smallest absolute Gasteiger partial charge is 0.0892 e. The van der Waals surface area contributed by atoms with E-state index in [2.05, 4.69) is 122 Å². The molecule has 0 aliphatic carbocycles. The molecule has 3 heteroatoms. The Hall–Kier alpha value is -2.78. The van der Waals surface area contributed by atoms with Crippen LogP contribution >= 0.6 is 11.3 Å². The molecular formula is C25H26N2S. The van der Waals surface area contributed by atoms with Gasteiger partial charge < -0.3 is 0 Å². The fourth-order valence-corrected chi connectivity index (χ4v) is 4.03. The Labute approximate surface area is 171 Å². The molecule has 3 aromatic rings. The summed E-state index contributed by atoms with van der Waals surface area (Å²) in [4.78, 5) is 1.26. The van der Waals surface area contributed by atoms with E-state index in [0.29, 0.717) is 0 Å². The fourth-order valence-electron chi connectivity index (χ4n) is 3.33. The van der Waals surface area contributed by atoms with Gasteiger partial charge in [0.1, 0.15) is 0 Å². The van der Waals surface area contributed by atoms with Crippen molar-refractivity contribution in [2.45, 2.75) is 32.2 Å². The van der Waals surface area contributed by atoms with Crippen LogP contribution in [-0.2, 0) is 5.41 Å². The number of benzene rings is 2. The number of hydrogen-bond donors (Lipinski definition) is 1. The summed E-state index contributed by atoms with van der Waals surface area (Å²) in [6.45, 7) is 6.74. The van der Waals surface area contributed by atoms with Crippen molar-refractivity contribution in [1.82, 2.24) is 5.43 Å². The lowest BCUT2D eigenvalue weighted by Gasteiger charge is -2.25. The van der Waals surface area contributed by atoms with E-state index in [-0.39, 0.29) is 11.5 Å². The zero-order valence-electron chi connectivity index (χ0n) is 16.6. The van der Waals surface area contributed by atoms with Gasteiger partial charge in [-0.2, -0.15) is 0 Å². The predicted molar refractivity (Wildman–Crippen MR) is 122 cm³/mol. The molecule has 1 atom stereocenters. The molecule has 0 radical (unpaired) electrons. The number of hydrazine groups is 1. The lowest BCUT2D eigenvalue weighted by molar-refractivity contribution is 0.590. The van der Waals surface area contributed by atoms with Gasteiger partial charge in [-0.15, -0.1) is 11.3 Å². The predicted octanol–water partition coefficient (Wildman–Crippen LogP) is 6.49. The molecule has 2 aromatic carbocycles. The highest BCUT2D eigenvalue weighted by molar-refractivity contribution is 7.11. The van der Waals surface area contributed by atoms with Crippen molar-refractivity contribution in [2.24, 2.45) is 0 Å². The summed E-state index contributed by atoms with van der Waals surface area (Å²) in [6.07, 6.45) is 6.76. The molecule has 2 nitrogen and oxygen atoms in total. The van der Waals surface area contributed by atoms with Crippen LogP contribution in [0.25, 0.3) is 11.8 Å². The maximum absolute atomic E-state index is 3.58. The second kappa shape index (κ2) is 7.69. The third kappa shape index (κ3) is 4.05. The number of hydrogen-bond acceptors (Lipinski definition) is 3. The van der Waals surface area contributed by atoms with Gasteiger partial charge in [-0.05, 0) is 46.2 Å². The minimum absolute atomic E-state index is 0.154. The third-order valence-electron chi connectivity index (χ3n) is 4.96. The van der Waals surface area contributed by atoms with Gasteiger partial charge in [0.15, 0.2) is 0 Å². The SMILES string of the molecule is CC(C)(C)c1ccc(C=CC2C=C(c3cccs3)NN2c2ccccc2)cc1. The van der Waals surface area contributed by atoms with Crippen LogP contribution in [0.4, 0.5) is 5.69 Å². The van der Waals surface area contributed by atoms with Gasteiger partial charge in [-0.25, -0.2) is 0 Å². The Morgan fingerprint density at radius 3 is 2.32 bits per heavy atom. The molecule has 0 amide bonds. The highest BCUT2D eigenvalue weighted by atomic mass is 32.1. The quantitative estimate of drug-likeness (QED) is 0.551. The summed E-state index contributed by atoms with van der Waals surface area (Å²) in [5, 5.41) is 4.33. The molecule has 1 unspecified atom stereocenters. The Balaban J connectivity index is 1.59. The molecule has 0 bridgehead atoms. The van der Waals surface area contributed by atoms with Gasteiger partial charge in [0.2, 0.25) is 0 Å². The summed E-state index contributed by atoms with van der Waals surface area (Å²) < 4.78 is 0. The average Bonchev–Trinajstić information content (AvgIpc) is 3.36. The number of nitrogens with one attached hydrogen (secondary N) is 1. The fraction of sp³-hybridized carbons (Fsp3) is 0.200. The van der Waals surface area contributed by atoms with Crippen LogP contribution < -0.4 is 10.4 Å². The van der Waals surface area contributed by atoms with Crippen LogP contribution in [0, 0.1) is 0 Å². The van der Waals surface area contributed by atoms with Gasteiger partial charge in [-0.3, -0.25) is 10.4 Å². The van der Waals surface area contributed by atoms with E-state index >= 15 is 0 Å². The normalized spacial score (nSPS) is 17.0. The van der Waals surface area contributed by atoms with E-state index in [0.717, 1.165) is 11.4 Å². The monoisotopic (exact) mass is 386 g/mol. The first-order chi connectivity index (χ1) is 13.5. The summed E-state index contributed by atoms with van der Waals surface area (Å²) in [6, 6.07) is 23.7. The van der Waals surface area contributed by atoms with Gasteiger partial charge in [-0.1, -0.05) is 81.5 Å². The molecule has 28 heavy (non-hydrogen) atoms. The van der Waals surface area contributed by atoms with Crippen LogP contribution in [0.5, 0.6) is 0 Å². The summed E-state index contributed by atoms with van der Waals surface area (Å²) in [5.41, 5.74) is 8.66. The molecule has 2 heterocycles. The molecule has 0 spiro atoms. The number of anilines is 1. The van der Waals surface area contributed by atoms with Crippen molar-refractivity contribution in [3.05, 3.63) is 100 Å². The van der Waals surface area contributed by atoms with Crippen molar-refractivity contribution < 1.29 is 0 Å². The second-order valence-electron chi connectivity index (χ2n) is 8.10. The lowest BCUT2D eigenvalue weighted by Crippen LogP contribution is -2.37. The van der Waals surface area contributed by atoms with Crippen LogP contribution in [-0.4, -0.2) is 6.04 Å². The van der Waals surface area contributed by atoms with Gasteiger partial charge in [0.05, 0.1) is 22.3 Å². The minimum Gasteiger partial charge on any atom is -0.296 e. The molecule has 0 fully saturated rings. The molecule has 0 saturated carbocycles. The first-order valence-corrected chi connectivity index (χ1v) is 10.5. The largest absolute Gasteiger partial charge is 0.296 e. The number of thiophene rings is 1. The Kier molecular flexibility index (Phi) is 5.10. The van der Waals surface area contributed by atoms with Crippen molar-refractivity contribution in [3.63, 3.8) is 0 Å². The minimum atomic E-state index is 0.154. The standard InChI is InChI=1S/C25H26N2S/c1-25(2,3)20-14-11-19(12-15-20)13-16-22-18-23(24-10-7-17-28-24)26-27(22)21-8-5-4-6-9-21/h4-18,22,26H,1-3H3. The molecule has 4 rings (SSSR count). The first kappa shape index (κ1) is 18.6. The lowest BCUT2D eigenvalue weighted by atomic mass is 9.87. The van der Waals surface area contributed by atoms with Crippen molar-refractivity contribution in [3.8, 4) is 0 Å². The van der Waals surface area contributed by atoms with E-state index in [1.54, 1.807) is 11.3 Å². The Morgan fingerprint density at radius 2 is 1.68 bits per heavy atom. The van der Waals surface area contributed by atoms with Crippen molar-refractivity contribution >= 4 is 28.8 Å². The number of nitrogens with zero attached hydrogens (tertiary/aromatic N) is 1. The molecule has 1 aliphatic rings. The number of rotatable bonds is 4. The highest BCUT2D eigenvalue weighted by Crippen LogP contribution is 2.29. The van der Waals surface area contributed by atoms with Gasteiger partial charge >= 0.3 is 0 Å². The average molecular weight is 387 g/mol. The molecule has 1 N–H and O–H groups in total. The number of para-hydroxylation sites is 1. The van der Waals surface area contributed by atoms with Gasteiger partial charge in [0, 0.05) is 0 Å². The second-order valence-corrected chi connectivity index (χ2v) is 9.04. The van der Waals surface area contributed by atoms with Crippen LogP contribution in [0.1, 0.15) is 36.8 Å². The summed E-state index contributed by atoms with van der Waals surface area (Å²) in [7, 11) is 0. The molecule has 1 aliphatic heterocycles. The maximum Gasteiger partial charge on any atom is 0.0892 e. The van der Waals surface area contributed by atoms with Crippen LogP contribution in [0.3, 0.4) is 0 Å². The van der Waals surface area contributed by atoms with Crippen molar-refractivity contribution in [1.29, 1.82) is 0 Å². The maximum atomic E-state index is 3.58. The zero-order chi connectivity index (χ0) is 19.6. The topological polar surface area (TPSA) is 15.3 Å². The third-order valence-corrected chi connectivity index (χ3v) is 5.86. The molecule has 1 aromatic heterocycles. The summed E-state index contributed by atoms with van der Waals surface area (Å²) in [5.74, 6) is 0. The first-order valence-electron chi connectivity index (χ1n) is 9.66.